The maximum absolute atomic E-state index is 12.2. The maximum atomic E-state index is 12.2. The highest BCUT2D eigenvalue weighted by Gasteiger charge is 2.27. The number of nitrogens with zero attached hydrogens (tertiary/aromatic N) is 1. The SMILES string of the molecule is O=C(NCc1ccccc1CN1CCCCCC1)C1CC(O)CN1. The molecule has 2 atom stereocenters. The van der Waals surface area contributed by atoms with Crippen LogP contribution in [0, 0.1) is 0 Å². The standard InChI is InChI=1S/C19H29N3O2/c23-17-11-18(20-13-17)19(24)21-12-15-7-3-4-8-16(15)14-22-9-5-1-2-6-10-22/h3-4,7-8,17-18,20,23H,1-2,5-6,9-14H2,(H,21,24). The number of amides is 1. The van der Waals surface area contributed by atoms with Crippen molar-refractivity contribution < 1.29 is 9.90 Å². The molecule has 1 amide bonds. The van der Waals surface area contributed by atoms with E-state index in [1.165, 1.54) is 49.9 Å². The number of hydrogen-bond acceptors (Lipinski definition) is 4. The lowest BCUT2D eigenvalue weighted by molar-refractivity contribution is -0.123. The first-order valence-corrected chi connectivity index (χ1v) is 9.20. The largest absolute Gasteiger partial charge is 0.392 e. The van der Waals surface area contributed by atoms with E-state index < -0.39 is 6.10 Å². The Bertz CT molecular complexity index is 541. The average Bonchev–Trinajstić information content (AvgIpc) is 2.87. The number of hydrogen-bond donors (Lipinski definition) is 3. The molecule has 0 spiro atoms. The number of β-amino-alcohol motifs (C(OH)–C–C–N with tert-alkyl or cyclic N) is 1. The molecule has 0 aromatic heterocycles. The summed E-state index contributed by atoms with van der Waals surface area (Å²) >= 11 is 0. The Morgan fingerprint density at radius 2 is 1.88 bits per heavy atom. The smallest absolute Gasteiger partial charge is 0.237 e. The van der Waals surface area contributed by atoms with E-state index in [1.54, 1.807) is 0 Å². The number of carbonyl (C=O) groups excluding carboxylic acids is 1. The van der Waals surface area contributed by atoms with Gasteiger partial charge in [-0.3, -0.25) is 9.69 Å². The van der Waals surface area contributed by atoms with Crippen LogP contribution in [0.3, 0.4) is 0 Å². The quantitative estimate of drug-likeness (QED) is 0.763. The first-order valence-electron chi connectivity index (χ1n) is 9.20. The molecule has 2 aliphatic heterocycles. The molecule has 0 saturated carbocycles. The molecule has 2 fully saturated rings. The molecule has 24 heavy (non-hydrogen) atoms. The summed E-state index contributed by atoms with van der Waals surface area (Å²) in [7, 11) is 0. The number of nitrogens with one attached hydrogen (secondary N) is 2. The first-order chi connectivity index (χ1) is 11.7. The zero-order valence-electron chi connectivity index (χ0n) is 14.3. The lowest BCUT2D eigenvalue weighted by Gasteiger charge is -2.22. The van der Waals surface area contributed by atoms with Crippen molar-refractivity contribution in [1.82, 2.24) is 15.5 Å². The number of aliphatic hydroxyl groups excluding tert-OH is 1. The minimum absolute atomic E-state index is 0.0175. The first kappa shape index (κ1) is 17.4. The molecule has 5 nitrogen and oxygen atoms in total. The molecule has 132 valence electrons. The van der Waals surface area contributed by atoms with E-state index in [-0.39, 0.29) is 11.9 Å². The zero-order valence-corrected chi connectivity index (χ0v) is 14.3. The van der Waals surface area contributed by atoms with Gasteiger partial charge >= 0.3 is 0 Å². The van der Waals surface area contributed by atoms with E-state index in [9.17, 15) is 9.90 Å². The molecule has 3 rings (SSSR count). The van der Waals surface area contributed by atoms with Gasteiger partial charge < -0.3 is 15.7 Å². The molecular formula is C19H29N3O2. The Morgan fingerprint density at radius 1 is 1.17 bits per heavy atom. The van der Waals surface area contributed by atoms with Gasteiger partial charge in [0.05, 0.1) is 12.1 Å². The number of likely N-dealkylation sites (tertiary alicyclic amines) is 1. The van der Waals surface area contributed by atoms with E-state index >= 15 is 0 Å². The van der Waals surface area contributed by atoms with Gasteiger partial charge in [-0.1, -0.05) is 37.1 Å². The van der Waals surface area contributed by atoms with Crippen molar-refractivity contribution in [3.05, 3.63) is 35.4 Å². The summed E-state index contributed by atoms with van der Waals surface area (Å²) in [6, 6.07) is 8.12. The molecule has 1 aromatic rings. The normalized spacial score (nSPS) is 25.4. The maximum Gasteiger partial charge on any atom is 0.237 e. The van der Waals surface area contributed by atoms with Crippen LogP contribution < -0.4 is 10.6 Å². The van der Waals surface area contributed by atoms with Crippen LogP contribution in [0.2, 0.25) is 0 Å². The third-order valence-electron chi connectivity index (χ3n) is 5.09. The molecule has 0 aliphatic carbocycles. The summed E-state index contributed by atoms with van der Waals surface area (Å²) in [5.74, 6) is -0.0175. The van der Waals surface area contributed by atoms with Crippen molar-refractivity contribution in [1.29, 1.82) is 0 Å². The van der Waals surface area contributed by atoms with Gasteiger partial charge in [0, 0.05) is 19.6 Å². The summed E-state index contributed by atoms with van der Waals surface area (Å²) in [6.45, 7) is 4.36. The van der Waals surface area contributed by atoms with Crippen molar-refractivity contribution in [2.75, 3.05) is 19.6 Å². The summed E-state index contributed by atoms with van der Waals surface area (Å²) < 4.78 is 0. The Labute approximate surface area is 144 Å². The number of aliphatic hydroxyl groups is 1. The number of carbonyl (C=O) groups is 1. The monoisotopic (exact) mass is 331 g/mol. The van der Waals surface area contributed by atoms with Crippen molar-refractivity contribution in [3.8, 4) is 0 Å². The Hall–Kier alpha value is -1.43. The second-order valence-electron chi connectivity index (χ2n) is 7.03. The van der Waals surface area contributed by atoms with Crippen LogP contribution in [0.1, 0.15) is 43.2 Å². The van der Waals surface area contributed by atoms with E-state index in [1.807, 2.05) is 6.07 Å². The minimum atomic E-state index is -0.406. The van der Waals surface area contributed by atoms with Gasteiger partial charge in [-0.25, -0.2) is 0 Å². The zero-order chi connectivity index (χ0) is 16.8. The Kier molecular flexibility index (Phi) is 6.24. The Morgan fingerprint density at radius 3 is 2.54 bits per heavy atom. The van der Waals surface area contributed by atoms with E-state index in [2.05, 4.69) is 33.7 Å². The van der Waals surface area contributed by atoms with Gasteiger partial charge in [0.1, 0.15) is 0 Å². The van der Waals surface area contributed by atoms with Crippen LogP contribution in [-0.4, -0.2) is 47.7 Å². The lowest BCUT2D eigenvalue weighted by Crippen LogP contribution is -2.40. The highest BCUT2D eigenvalue weighted by Crippen LogP contribution is 2.16. The van der Waals surface area contributed by atoms with Crippen molar-refractivity contribution in [3.63, 3.8) is 0 Å². The molecular weight excluding hydrogens is 302 g/mol. The van der Waals surface area contributed by atoms with Crippen LogP contribution in [0.25, 0.3) is 0 Å². The van der Waals surface area contributed by atoms with E-state index in [4.69, 9.17) is 0 Å². The van der Waals surface area contributed by atoms with Crippen LogP contribution >= 0.6 is 0 Å². The van der Waals surface area contributed by atoms with Gasteiger partial charge in [0.2, 0.25) is 5.91 Å². The molecule has 0 bridgehead atoms. The predicted octanol–water partition coefficient (Wildman–Crippen LogP) is 1.40. The average molecular weight is 331 g/mol. The summed E-state index contributed by atoms with van der Waals surface area (Å²) in [5, 5.41) is 15.6. The molecule has 2 unspecified atom stereocenters. The third-order valence-corrected chi connectivity index (χ3v) is 5.09. The van der Waals surface area contributed by atoms with Crippen LogP contribution in [0.4, 0.5) is 0 Å². The van der Waals surface area contributed by atoms with Gasteiger partial charge in [-0.15, -0.1) is 0 Å². The number of benzene rings is 1. The highest BCUT2D eigenvalue weighted by atomic mass is 16.3. The van der Waals surface area contributed by atoms with Crippen molar-refractivity contribution in [2.45, 2.75) is 57.3 Å². The molecule has 2 saturated heterocycles. The van der Waals surface area contributed by atoms with E-state index in [0.717, 1.165) is 6.54 Å². The molecule has 5 heteroatoms. The second-order valence-corrected chi connectivity index (χ2v) is 7.03. The molecule has 2 aliphatic rings. The molecule has 0 radical (unpaired) electrons. The van der Waals surface area contributed by atoms with Gasteiger partial charge in [-0.05, 0) is 43.5 Å². The summed E-state index contributed by atoms with van der Waals surface area (Å²) in [5.41, 5.74) is 2.49. The van der Waals surface area contributed by atoms with Gasteiger partial charge in [0.25, 0.3) is 0 Å². The van der Waals surface area contributed by atoms with Gasteiger partial charge in [-0.2, -0.15) is 0 Å². The summed E-state index contributed by atoms with van der Waals surface area (Å²) in [4.78, 5) is 14.7. The lowest BCUT2D eigenvalue weighted by atomic mass is 10.1. The third kappa shape index (κ3) is 4.79. The molecule has 2 heterocycles. The van der Waals surface area contributed by atoms with Crippen LogP contribution in [-0.2, 0) is 17.9 Å². The fourth-order valence-corrected chi connectivity index (χ4v) is 3.64. The summed E-state index contributed by atoms with van der Waals surface area (Å²) in [6.07, 6.45) is 5.35. The van der Waals surface area contributed by atoms with E-state index in [0.29, 0.717) is 19.5 Å². The minimum Gasteiger partial charge on any atom is -0.392 e. The fourth-order valence-electron chi connectivity index (χ4n) is 3.64. The van der Waals surface area contributed by atoms with Crippen LogP contribution in [0.5, 0.6) is 0 Å². The molecule has 3 N–H and O–H groups in total. The second kappa shape index (κ2) is 8.60. The number of rotatable bonds is 5. The fraction of sp³-hybridized carbons (Fsp3) is 0.632. The van der Waals surface area contributed by atoms with Crippen molar-refractivity contribution in [2.24, 2.45) is 0 Å². The molecule has 1 aromatic carbocycles. The Balaban J connectivity index is 1.56. The highest BCUT2D eigenvalue weighted by molar-refractivity contribution is 5.82. The van der Waals surface area contributed by atoms with Crippen molar-refractivity contribution >= 4 is 5.91 Å². The topological polar surface area (TPSA) is 64.6 Å². The van der Waals surface area contributed by atoms with Crippen LogP contribution in [0.15, 0.2) is 24.3 Å². The predicted molar refractivity (Wildman–Crippen MR) is 94.4 cm³/mol. The van der Waals surface area contributed by atoms with Gasteiger partial charge in [0.15, 0.2) is 0 Å².